The number of guanidine groups is 1. The summed E-state index contributed by atoms with van der Waals surface area (Å²) in [4.78, 5) is 8.14. The van der Waals surface area contributed by atoms with Gasteiger partial charge in [0.2, 0.25) is 5.96 Å². The van der Waals surface area contributed by atoms with Crippen LogP contribution in [0.15, 0.2) is 34.3 Å². The summed E-state index contributed by atoms with van der Waals surface area (Å²) >= 11 is 5.76. The monoisotopic (exact) mass is 252 g/mol. The predicted octanol–water partition coefficient (Wildman–Crippen LogP) is 2.83. The number of nitrogens with two attached hydrogens (primary N) is 2. The molecule has 4 N–H and O–H groups in total. The lowest BCUT2D eigenvalue weighted by Gasteiger charge is -1.99. The van der Waals surface area contributed by atoms with Crippen LogP contribution in [0.25, 0.3) is 0 Å². The summed E-state index contributed by atoms with van der Waals surface area (Å²) in [6, 6.07) is 7.04. The van der Waals surface area contributed by atoms with Gasteiger partial charge in [0.25, 0.3) is 0 Å². The molecule has 0 unspecified atom stereocenters. The van der Waals surface area contributed by atoms with Crippen molar-refractivity contribution in [2.75, 3.05) is 0 Å². The Morgan fingerprint density at radius 1 is 1.24 bits per heavy atom. The van der Waals surface area contributed by atoms with Crippen molar-refractivity contribution < 1.29 is 0 Å². The van der Waals surface area contributed by atoms with E-state index in [0.29, 0.717) is 16.5 Å². The molecule has 1 rings (SSSR count). The van der Waals surface area contributed by atoms with Crippen LogP contribution in [0, 0.1) is 0 Å². The molecule has 0 aliphatic heterocycles. The van der Waals surface area contributed by atoms with E-state index in [9.17, 15) is 0 Å². The van der Waals surface area contributed by atoms with Gasteiger partial charge in [-0.3, -0.25) is 0 Å². The van der Waals surface area contributed by atoms with Crippen LogP contribution in [-0.4, -0.2) is 11.8 Å². The van der Waals surface area contributed by atoms with Gasteiger partial charge in [0.1, 0.15) is 5.84 Å². The molecule has 0 spiro atoms. The highest BCUT2D eigenvalue weighted by Crippen LogP contribution is 2.16. The van der Waals surface area contributed by atoms with Crippen molar-refractivity contribution in [1.82, 2.24) is 0 Å². The number of hydrogen-bond acceptors (Lipinski definition) is 1. The van der Waals surface area contributed by atoms with Gasteiger partial charge in [-0.25, -0.2) is 9.98 Å². The molecule has 4 nitrogen and oxygen atoms in total. The smallest absolute Gasteiger partial charge is 0.222 e. The van der Waals surface area contributed by atoms with Crippen LogP contribution in [-0.2, 0) is 0 Å². The normalized spacial score (nSPS) is 12.8. The zero-order valence-electron chi connectivity index (χ0n) is 9.86. The first kappa shape index (κ1) is 13.5. The largest absolute Gasteiger partial charge is 0.387 e. The van der Waals surface area contributed by atoms with Crippen molar-refractivity contribution in [2.24, 2.45) is 21.5 Å². The summed E-state index contributed by atoms with van der Waals surface area (Å²) < 4.78 is 0. The van der Waals surface area contributed by atoms with Gasteiger partial charge in [-0.2, -0.15) is 0 Å². The van der Waals surface area contributed by atoms with E-state index in [0.717, 1.165) is 19.3 Å². The van der Waals surface area contributed by atoms with Crippen LogP contribution in [0.4, 0.5) is 5.69 Å². The van der Waals surface area contributed by atoms with Crippen molar-refractivity contribution in [3.63, 3.8) is 0 Å². The van der Waals surface area contributed by atoms with Crippen LogP contribution >= 0.6 is 11.6 Å². The van der Waals surface area contributed by atoms with E-state index in [2.05, 4.69) is 16.9 Å². The molecule has 0 saturated heterocycles. The fourth-order valence-electron chi connectivity index (χ4n) is 1.23. The highest BCUT2D eigenvalue weighted by Gasteiger charge is 1.95. The predicted molar refractivity (Wildman–Crippen MR) is 73.9 cm³/mol. The Hall–Kier alpha value is -1.55. The first-order chi connectivity index (χ1) is 8.11. The Balaban J connectivity index is 2.68. The van der Waals surface area contributed by atoms with Crippen molar-refractivity contribution in [1.29, 1.82) is 0 Å². The number of amidine groups is 1. The summed E-state index contributed by atoms with van der Waals surface area (Å²) in [5.74, 6) is 0.683. The molecule has 1 aromatic carbocycles. The Kier molecular flexibility index (Phi) is 5.49. The molecule has 0 atom stereocenters. The SMILES string of the molecule is CCCC/C(N)=N\C(N)=Nc1ccc(Cl)cc1. The number of aliphatic imine (C=N–C) groups is 2. The fraction of sp³-hybridized carbons (Fsp3) is 0.333. The van der Waals surface area contributed by atoms with E-state index in [1.807, 2.05) is 0 Å². The van der Waals surface area contributed by atoms with Gasteiger partial charge in [0, 0.05) is 11.4 Å². The van der Waals surface area contributed by atoms with Crippen molar-refractivity contribution in [3.05, 3.63) is 29.3 Å². The van der Waals surface area contributed by atoms with Gasteiger partial charge in [-0.1, -0.05) is 24.9 Å². The average Bonchev–Trinajstić information content (AvgIpc) is 2.29. The van der Waals surface area contributed by atoms with E-state index in [1.54, 1.807) is 24.3 Å². The minimum atomic E-state index is 0.168. The molecule has 0 saturated carbocycles. The average molecular weight is 253 g/mol. The summed E-state index contributed by atoms with van der Waals surface area (Å²) in [6.07, 6.45) is 2.82. The van der Waals surface area contributed by atoms with E-state index in [4.69, 9.17) is 23.1 Å². The van der Waals surface area contributed by atoms with Gasteiger partial charge in [-0.05, 0) is 30.7 Å². The van der Waals surface area contributed by atoms with Gasteiger partial charge in [0.15, 0.2) is 0 Å². The Morgan fingerprint density at radius 3 is 2.47 bits per heavy atom. The molecule has 5 heteroatoms. The van der Waals surface area contributed by atoms with E-state index in [1.165, 1.54) is 0 Å². The number of unbranched alkanes of at least 4 members (excludes halogenated alkanes) is 1. The fourth-order valence-corrected chi connectivity index (χ4v) is 1.36. The molecule has 0 aromatic heterocycles. The third-order valence-electron chi connectivity index (χ3n) is 2.11. The second-order valence-corrected chi connectivity index (χ2v) is 4.09. The quantitative estimate of drug-likeness (QED) is 0.639. The van der Waals surface area contributed by atoms with E-state index >= 15 is 0 Å². The number of rotatable bonds is 4. The second-order valence-electron chi connectivity index (χ2n) is 3.65. The highest BCUT2D eigenvalue weighted by molar-refractivity contribution is 6.30. The van der Waals surface area contributed by atoms with Crippen LogP contribution in [0.3, 0.4) is 0 Å². The second kappa shape index (κ2) is 6.91. The minimum absolute atomic E-state index is 0.168. The maximum Gasteiger partial charge on any atom is 0.222 e. The van der Waals surface area contributed by atoms with Crippen LogP contribution in [0.1, 0.15) is 26.2 Å². The zero-order chi connectivity index (χ0) is 12.7. The maximum atomic E-state index is 5.76. The molecule has 0 amide bonds. The molecule has 0 bridgehead atoms. The summed E-state index contributed by atoms with van der Waals surface area (Å²) in [7, 11) is 0. The third-order valence-corrected chi connectivity index (χ3v) is 2.37. The lowest BCUT2D eigenvalue weighted by atomic mass is 10.2. The van der Waals surface area contributed by atoms with Gasteiger partial charge < -0.3 is 11.5 Å². The van der Waals surface area contributed by atoms with Crippen LogP contribution in [0.2, 0.25) is 5.02 Å². The Labute approximate surface area is 106 Å². The molecule has 92 valence electrons. The van der Waals surface area contributed by atoms with Crippen LogP contribution in [0.5, 0.6) is 0 Å². The Bertz CT molecular complexity index is 409. The summed E-state index contributed by atoms with van der Waals surface area (Å²) in [5, 5.41) is 0.661. The number of nitrogens with zero attached hydrogens (tertiary/aromatic N) is 2. The number of halogens is 1. The summed E-state index contributed by atoms with van der Waals surface area (Å²) in [6.45, 7) is 2.10. The Morgan fingerprint density at radius 2 is 1.88 bits per heavy atom. The van der Waals surface area contributed by atoms with Crippen LogP contribution < -0.4 is 11.5 Å². The molecule has 0 radical (unpaired) electrons. The van der Waals surface area contributed by atoms with E-state index < -0.39 is 0 Å². The lowest BCUT2D eigenvalue weighted by Crippen LogP contribution is -2.18. The molecule has 0 aliphatic rings. The van der Waals surface area contributed by atoms with Crippen molar-refractivity contribution in [2.45, 2.75) is 26.2 Å². The first-order valence-electron chi connectivity index (χ1n) is 5.54. The van der Waals surface area contributed by atoms with Gasteiger partial charge >= 0.3 is 0 Å². The molecular weight excluding hydrogens is 236 g/mol. The maximum absolute atomic E-state index is 5.76. The highest BCUT2D eigenvalue weighted by atomic mass is 35.5. The topological polar surface area (TPSA) is 76.8 Å². The lowest BCUT2D eigenvalue weighted by molar-refractivity contribution is 0.831. The molecule has 0 heterocycles. The van der Waals surface area contributed by atoms with Gasteiger partial charge in [0.05, 0.1) is 5.69 Å². The van der Waals surface area contributed by atoms with Gasteiger partial charge in [-0.15, -0.1) is 0 Å². The number of hydrogen-bond donors (Lipinski definition) is 2. The van der Waals surface area contributed by atoms with Crippen molar-refractivity contribution in [3.8, 4) is 0 Å². The molecule has 17 heavy (non-hydrogen) atoms. The van der Waals surface area contributed by atoms with E-state index in [-0.39, 0.29) is 5.96 Å². The molecule has 1 aromatic rings. The molecule has 0 fully saturated rings. The van der Waals surface area contributed by atoms with Crippen molar-refractivity contribution >= 4 is 29.1 Å². The third kappa shape index (κ3) is 5.36. The molecular formula is C12H17ClN4. The molecule has 0 aliphatic carbocycles. The standard InChI is InChI=1S/C12H17ClN4/c1-2-3-4-11(14)17-12(15)16-10-7-5-9(13)6-8-10/h5-8H,2-4H2,1H3,(H4,14,15,16,17). The minimum Gasteiger partial charge on any atom is -0.387 e. The summed E-state index contributed by atoms with van der Waals surface area (Å²) in [5.41, 5.74) is 12.1. The number of benzene rings is 1. The zero-order valence-corrected chi connectivity index (χ0v) is 10.6. The first-order valence-corrected chi connectivity index (χ1v) is 5.92.